The molecule has 5 nitrogen and oxygen atoms in total. The molecule has 0 radical (unpaired) electrons. The third kappa shape index (κ3) is 3.23. The van der Waals surface area contributed by atoms with Crippen LogP contribution in [0.15, 0.2) is 52.9 Å². The lowest BCUT2D eigenvalue weighted by Crippen LogP contribution is -2.28. The summed E-state index contributed by atoms with van der Waals surface area (Å²) in [6.45, 7) is -0.00840. The largest absolute Gasteiger partial charge is 0.497 e. The van der Waals surface area contributed by atoms with Crippen LogP contribution in [0.4, 0.5) is 4.39 Å². The number of furan rings is 1. The van der Waals surface area contributed by atoms with Crippen LogP contribution in [0.3, 0.4) is 0 Å². The van der Waals surface area contributed by atoms with E-state index in [-0.39, 0.29) is 17.9 Å². The molecule has 0 aliphatic rings. The minimum Gasteiger partial charge on any atom is -0.497 e. The standard InChI is InChI=1S/C18H16FNO4/c1-23-13-6-2-4-11(8-13)15(21)10-20-18(22)16-9-12-5-3-7-14(19)17(12)24-16/h2-9,15,21H,10H2,1H3,(H,20,22). The molecule has 2 aromatic carbocycles. The number of hydrogen-bond donors (Lipinski definition) is 2. The number of halogens is 1. The van der Waals surface area contributed by atoms with Crippen LogP contribution < -0.4 is 10.1 Å². The summed E-state index contributed by atoms with van der Waals surface area (Å²) in [5.74, 6) is -0.436. The van der Waals surface area contributed by atoms with Crippen molar-refractivity contribution in [3.63, 3.8) is 0 Å². The highest BCUT2D eigenvalue weighted by Gasteiger charge is 2.16. The third-order valence-electron chi connectivity index (χ3n) is 3.65. The van der Waals surface area contributed by atoms with Gasteiger partial charge < -0.3 is 19.6 Å². The number of methoxy groups -OCH3 is 1. The summed E-state index contributed by atoms with van der Waals surface area (Å²) in [5, 5.41) is 13.2. The number of carbonyl (C=O) groups is 1. The van der Waals surface area contributed by atoms with Crippen molar-refractivity contribution >= 4 is 16.9 Å². The average Bonchev–Trinajstić information content (AvgIpc) is 3.05. The van der Waals surface area contributed by atoms with Crippen LogP contribution in [0.5, 0.6) is 5.75 Å². The number of ether oxygens (including phenoxy) is 1. The zero-order chi connectivity index (χ0) is 17.1. The number of aliphatic hydroxyl groups excluding tert-OH is 1. The smallest absolute Gasteiger partial charge is 0.287 e. The normalized spacial score (nSPS) is 12.1. The first-order valence-corrected chi connectivity index (χ1v) is 7.37. The summed E-state index contributed by atoms with van der Waals surface area (Å²) in [4.78, 5) is 12.1. The van der Waals surface area contributed by atoms with E-state index in [4.69, 9.17) is 9.15 Å². The molecule has 1 aromatic heterocycles. The highest BCUT2D eigenvalue weighted by atomic mass is 19.1. The molecule has 1 amide bonds. The van der Waals surface area contributed by atoms with E-state index < -0.39 is 17.8 Å². The topological polar surface area (TPSA) is 71.7 Å². The van der Waals surface area contributed by atoms with Gasteiger partial charge in [-0.1, -0.05) is 24.3 Å². The highest BCUT2D eigenvalue weighted by molar-refractivity contribution is 5.96. The lowest BCUT2D eigenvalue weighted by molar-refractivity contribution is 0.0891. The molecule has 124 valence electrons. The number of nitrogens with one attached hydrogen (secondary N) is 1. The number of carbonyl (C=O) groups excluding carboxylic acids is 1. The second-order valence-corrected chi connectivity index (χ2v) is 5.27. The van der Waals surface area contributed by atoms with Crippen LogP contribution in [0.2, 0.25) is 0 Å². The average molecular weight is 329 g/mol. The second kappa shape index (κ2) is 6.72. The molecule has 0 bridgehead atoms. The molecule has 0 aliphatic heterocycles. The number of hydrogen-bond acceptors (Lipinski definition) is 4. The first-order valence-electron chi connectivity index (χ1n) is 7.37. The van der Waals surface area contributed by atoms with Gasteiger partial charge in [0.15, 0.2) is 17.2 Å². The Morgan fingerprint density at radius 1 is 1.29 bits per heavy atom. The van der Waals surface area contributed by atoms with Gasteiger partial charge in [-0.25, -0.2) is 4.39 Å². The Labute approximate surface area is 137 Å². The van der Waals surface area contributed by atoms with Crippen molar-refractivity contribution in [3.05, 3.63) is 65.7 Å². The van der Waals surface area contributed by atoms with E-state index in [0.717, 1.165) is 0 Å². The van der Waals surface area contributed by atoms with Crippen molar-refractivity contribution in [1.82, 2.24) is 5.32 Å². The SMILES string of the molecule is COc1cccc(C(O)CNC(=O)c2cc3cccc(F)c3o2)c1. The van der Waals surface area contributed by atoms with Gasteiger partial charge in [0, 0.05) is 11.9 Å². The van der Waals surface area contributed by atoms with E-state index in [1.807, 2.05) is 0 Å². The zero-order valence-corrected chi connectivity index (χ0v) is 13.0. The summed E-state index contributed by atoms with van der Waals surface area (Å²) in [6.07, 6.45) is -0.898. The first kappa shape index (κ1) is 16.0. The number of para-hydroxylation sites is 1. The van der Waals surface area contributed by atoms with Gasteiger partial charge in [0.25, 0.3) is 5.91 Å². The number of rotatable bonds is 5. The van der Waals surface area contributed by atoms with Gasteiger partial charge in [-0.15, -0.1) is 0 Å². The predicted octanol–water partition coefficient (Wildman–Crippen LogP) is 3.04. The van der Waals surface area contributed by atoms with Crippen molar-refractivity contribution in [2.45, 2.75) is 6.10 Å². The van der Waals surface area contributed by atoms with Gasteiger partial charge in [-0.05, 0) is 29.8 Å². The van der Waals surface area contributed by atoms with E-state index >= 15 is 0 Å². The predicted molar refractivity (Wildman–Crippen MR) is 86.5 cm³/mol. The van der Waals surface area contributed by atoms with Gasteiger partial charge in [-0.2, -0.15) is 0 Å². The van der Waals surface area contributed by atoms with Crippen LogP contribution >= 0.6 is 0 Å². The molecule has 3 rings (SSSR count). The molecule has 0 aliphatic carbocycles. The second-order valence-electron chi connectivity index (χ2n) is 5.27. The lowest BCUT2D eigenvalue weighted by atomic mass is 10.1. The van der Waals surface area contributed by atoms with Crippen LogP contribution in [0.1, 0.15) is 22.2 Å². The molecule has 3 aromatic rings. The van der Waals surface area contributed by atoms with E-state index in [1.165, 1.54) is 19.2 Å². The van der Waals surface area contributed by atoms with Crippen LogP contribution in [-0.4, -0.2) is 24.7 Å². The van der Waals surface area contributed by atoms with E-state index in [1.54, 1.807) is 36.4 Å². The zero-order valence-electron chi connectivity index (χ0n) is 13.0. The van der Waals surface area contributed by atoms with Crippen LogP contribution in [0.25, 0.3) is 11.0 Å². The van der Waals surface area contributed by atoms with Crippen molar-refractivity contribution in [1.29, 1.82) is 0 Å². The summed E-state index contributed by atoms with van der Waals surface area (Å²) >= 11 is 0. The number of benzene rings is 2. The van der Waals surface area contributed by atoms with Crippen LogP contribution in [0, 0.1) is 5.82 Å². The quantitative estimate of drug-likeness (QED) is 0.755. The fourth-order valence-electron chi connectivity index (χ4n) is 2.38. The van der Waals surface area contributed by atoms with E-state index in [0.29, 0.717) is 16.7 Å². The lowest BCUT2D eigenvalue weighted by Gasteiger charge is -2.12. The highest BCUT2D eigenvalue weighted by Crippen LogP contribution is 2.22. The minimum atomic E-state index is -0.898. The van der Waals surface area contributed by atoms with Gasteiger partial charge in [-0.3, -0.25) is 4.79 Å². The van der Waals surface area contributed by atoms with Crippen molar-refractivity contribution < 1.29 is 23.4 Å². The Bertz CT molecular complexity index is 874. The summed E-state index contributed by atoms with van der Waals surface area (Å²) in [5.41, 5.74) is 0.654. The molecule has 0 spiro atoms. The van der Waals surface area contributed by atoms with Gasteiger partial charge >= 0.3 is 0 Å². The summed E-state index contributed by atoms with van der Waals surface area (Å²) in [6, 6.07) is 12.9. The molecule has 0 saturated heterocycles. The van der Waals surface area contributed by atoms with Gasteiger partial charge in [0.1, 0.15) is 5.75 Å². The Kier molecular flexibility index (Phi) is 4.48. The molecule has 0 fully saturated rings. The molecule has 1 atom stereocenters. The van der Waals surface area contributed by atoms with E-state index in [2.05, 4.69) is 5.32 Å². The number of fused-ring (bicyclic) bond motifs is 1. The van der Waals surface area contributed by atoms with Crippen molar-refractivity contribution in [3.8, 4) is 5.75 Å². The molecule has 1 heterocycles. The Morgan fingerprint density at radius 2 is 2.08 bits per heavy atom. The molecule has 0 saturated carbocycles. The maximum absolute atomic E-state index is 13.6. The van der Waals surface area contributed by atoms with Crippen molar-refractivity contribution in [2.24, 2.45) is 0 Å². The summed E-state index contributed by atoms with van der Waals surface area (Å²) < 4.78 is 23.9. The summed E-state index contributed by atoms with van der Waals surface area (Å²) in [7, 11) is 1.54. The molecule has 6 heteroatoms. The number of aliphatic hydroxyl groups is 1. The van der Waals surface area contributed by atoms with E-state index in [9.17, 15) is 14.3 Å². The number of amides is 1. The Morgan fingerprint density at radius 3 is 2.83 bits per heavy atom. The van der Waals surface area contributed by atoms with Crippen molar-refractivity contribution in [2.75, 3.05) is 13.7 Å². The third-order valence-corrected chi connectivity index (χ3v) is 3.65. The minimum absolute atomic E-state index is 0.00653. The molecule has 2 N–H and O–H groups in total. The van der Waals surface area contributed by atoms with Gasteiger partial charge in [0.05, 0.1) is 13.2 Å². The molecular formula is C18H16FNO4. The molecule has 24 heavy (non-hydrogen) atoms. The molecular weight excluding hydrogens is 313 g/mol. The molecule has 1 unspecified atom stereocenters. The Hall–Kier alpha value is -2.86. The first-order chi connectivity index (χ1) is 11.6. The maximum Gasteiger partial charge on any atom is 0.287 e. The fourth-order valence-corrected chi connectivity index (χ4v) is 2.38. The fraction of sp³-hybridized carbons (Fsp3) is 0.167. The Balaban J connectivity index is 1.68. The monoisotopic (exact) mass is 329 g/mol. The maximum atomic E-state index is 13.6. The van der Waals surface area contributed by atoms with Crippen LogP contribution in [-0.2, 0) is 0 Å². The van der Waals surface area contributed by atoms with Gasteiger partial charge in [0.2, 0.25) is 0 Å².